The third-order valence-electron chi connectivity index (χ3n) is 4.30. The van der Waals surface area contributed by atoms with E-state index < -0.39 is 12.3 Å². The van der Waals surface area contributed by atoms with E-state index in [1.165, 1.54) is 24.3 Å². The van der Waals surface area contributed by atoms with Gasteiger partial charge in [0.15, 0.2) is 0 Å². The van der Waals surface area contributed by atoms with Gasteiger partial charge in [0.2, 0.25) is 5.91 Å². The molecule has 2 aromatic rings. The maximum absolute atomic E-state index is 12.4. The number of carbonyl (C=O) groups is 2. The number of nitrogens with two attached hydrogens (primary N) is 1. The quantitative estimate of drug-likeness (QED) is 0.818. The first-order valence-electron chi connectivity index (χ1n) is 8.55. The maximum Gasteiger partial charge on any atom is 0.573 e. The van der Waals surface area contributed by atoms with Gasteiger partial charge in [0.05, 0.1) is 17.8 Å². The fourth-order valence-electron chi connectivity index (χ4n) is 3.18. The van der Waals surface area contributed by atoms with Gasteiger partial charge in [-0.25, -0.2) is 0 Å². The molecule has 0 unspecified atom stereocenters. The Balaban J connectivity index is 1.73. The van der Waals surface area contributed by atoms with Crippen molar-refractivity contribution < 1.29 is 27.5 Å². The van der Waals surface area contributed by atoms with Gasteiger partial charge in [-0.3, -0.25) is 9.59 Å². The summed E-state index contributed by atoms with van der Waals surface area (Å²) in [6.45, 7) is 0.566. The first kappa shape index (κ1) is 19.5. The second kappa shape index (κ2) is 7.79. The molecule has 0 spiro atoms. The van der Waals surface area contributed by atoms with E-state index in [0.29, 0.717) is 36.3 Å². The molecule has 148 valence electrons. The average molecular weight is 393 g/mol. The molecule has 0 saturated carbocycles. The fourth-order valence-corrected chi connectivity index (χ4v) is 3.18. The number of rotatable bonds is 5. The monoisotopic (exact) mass is 393 g/mol. The van der Waals surface area contributed by atoms with E-state index in [4.69, 9.17) is 5.73 Å². The first-order valence-corrected chi connectivity index (χ1v) is 8.55. The molecule has 0 atom stereocenters. The summed E-state index contributed by atoms with van der Waals surface area (Å²) in [5, 5.41) is 2.66. The van der Waals surface area contributed by atoms with Crippen molar-refractivity contribution in [2.45, 2.75) is 19.2 Å². The number of halogens is 3. The lowest BCUT2D eigenvalue weighted by molar-refractivity contribution is -0.274. The highest BCUT2D eigenvalue weighted by Gasteiger charge is 2.31. The molecule has 0 bridgehead atoms. The fraction of sp³-hybridized carbons (Fsp3) is 0.263. The summed E-state index contributed by atoms with van der Waals surface area (Å²) in [6.07, 6.45) is -3.48. The van der Waals surface area contributed by atoms with E-state index in [9.17, 15) is 22.8 Å². The molecule has 1 aliphatic rings. The highest BCUT2D eigenvalue weighted by atomic mass is 19.4. The van der Waals surface area contributed by atoms with Crippen molar-refractivity contribution in [2.24, 2.45) is 5.73 Å². The number of primary amides is 1. The molecule has 28 heavy (non-hydrogen) atoms. The zero-order valence-corrected chi connectivity index (χ0v) is 14.8. The maximum atomic E-state index is 12.4. The number of amides is 2. The Morgan fingerprint density at radius 1 is 1.18 bits per heavy atom. The van der Waals surface area contributed by atoms with Gasteiger partial charge in [0.25, 0.3) is 5.91 Å². The SMILES string of the molecule is NC(=O)c1ccccc1NC(=O)CN1CCCc2cc(OC(F)(F)F)ccc21. The molecular weight excluding hydrogens is 375 g/mol. The zero-order chi connectivity index (χ0) is 20.3. The Kier molecular flexibility index (Phi) is 5.43. The van der Waals surface area contributed by atoms with Gasteiger partial charge in [-0.15, -0.1) is 13.2 Å². The summed E-state index contributed by atoms with van der Waals surface area (Å²) < 4.78 is 41.2. The van der Waals surface area contributed by atoms with Gasteiger partial charge in [-0.05, 0) is 48.7 Å². The number of nitrogens with one attached hydrogen (secondary N) is 1. The molecule has 0 saturated heterocycles. The number of para-hydroxylation sites is 1. The van der Waals surface area contributed by atoms with E-state index >= 15 is 0 Å². The Bertz CT molecular complexity index is 899. The highest BCUT2D eigenvalue weighted by molar-refractivity contribution is 6.03. The molecule has 0 aromatic heterocycles. The molecule has 9 heteroatoms. The van der Waals surface area contributed by atoms with Gasteiger partial charge >= 0.3 is 6.36 Å². The minimum atomic E-state index is -4.75. The van der Waals surface area contributed by atoms with Crippen molar-refractivity contribution in [1.29, 1.82) is 0 Å². The van der Waals surface area contributed by atoms with Crippen LogP contribution in [-0.4, -0.2) is 31.3 Å². The molecule has 6 nitrogen and oxygen atoms in total. The first-order chi connectivity index (χ1) is 13.2. The van der Waals surface area contributed by atoms with Gasteiger partial charge in [-0.1, -0.05) is 12.1 Å². The predicted molar refractivity (Wildman–Crippen MR) is 97.2 cm³/mol. The van der Waals surface area contributed by atoms with Crippen LogP contribution in [0.4, 0.5) is 24.5 Å². The van der Waals surface area contributed by atoms with Gasteiger partial charge < -0.3 is 20.7 Å². The van der Waals surface area contributed by atoms with Crippen LogP contribution in [0.2, 0.25) is 0 Å². The van der Waals surface area contributed by atoms with Crippen molar-refractivity contribution in [3.05, 3.63) is 53.6 Å². The van der Waals surface area contributed by atoms with Gasteiger partial charge in [0.1, 0.15) is 5.75 Å². The smallest absolute Gasteiger partial charge is 0.406 e. The van der Waals surface area contributed by atoms with Gasteiger partial charge in [-0.2, -0.15) is 0 Å². The van der Waals surface area contributed by atoms with Crippen LogP contribution < -0.4 is 20.7 Å². The molecule has 3 rings (SSSR count). The molecule has 0 fully saturated rings. The zero-order valence-electron chi connectivity index (χ0n) is 14.8. The largest absolute Gasteiger partial charge is 0.573 e. The second-order valence-electron chi connectivity index (χ2n) is 6.32. The molecule has 3 N–H and O–H groups in total. The average Bonchev–Trinajstić information content (AvgIpc) is 2.60. The number of alkyl halides is 3. The number of fused-ring (bicyclic) bond motifs is 1. The van der Waals surface area contributed by atoms with Crippen LogP contribution in [0.15, 0.2) is 42.5 Å². The summed E-state index contributed by atoms with van der Waals surface area (Å²) in [4.78, 5) is 25.7. The van der Waals surface area contributed by atoms with Crippen molar-refractivity contribution in [3.63, 3.8) is 0 Å². The topological polar surface area (TPSA) is 84.7 Å². The van der Waals surface area contributed by atoms with E-state index in [2.05, 4.69) is 10.1 Å². The Labute approximate surface area is 159 Å². The second-order valence-corrected chi connectivity index (χ2v) is 6.32. The van der Waals surface area contributed by atoms with Crippen molar-refractivity contribution in [1.82, 2.24) is 0 Å². The summed E-state index contributed by atoms with van der Waals surface area (Å²) in [6, 6.07) is 10.5. The number of hydrogen-bond donors (Lipinski definition) is 2. The van der Waals surface area contributed by atoms with Gasteiger partial charge in [0, 0.05) is 12.2 Å². The minimum absolute atomic E-state index is 0.0143. The lowest BCUT2D eigenvalue weighted by Crippen LogP contribution is -2.37. The van der Waals surface area contributed by atoms with Crippen LogP contribution >= 0.6 is 0 Å². The van der Waals surface area contributed by atoms with Crippen LogP contribution in [0.3, 0.4) is 0 Å². The third kappa shape index (κ3) is 4.73. The number of ether oxygens (including phenoxy) is 1. The molecule has 0 aliphatic carbocycles. The Hall–Kier alpha value is -3.23. The Morgan fingerprint density at radius 3 is 2.64 bits per heavy atom. The molecular formula is C19H18F3N3O3. The van der Waals surface area contributed by atoms with E-state index in [1.54, 1.807) is 23.1 Å². The summed E-state index contributed by atoms with van der Waals surface area (Å²) >= 11 is 0. The highest BCUT2D eigenvalue weighted by Crippen LogP contribution is 2.32. The summed E-state index contributed by atoms with van der Waals surface area (Å²) in [5.41, 5.74) is 7.17. The molecule has 1 heterocycles. The number of carbonyl (C=O) groups excluding carboxylic acids is 2. The number of benzene rings is 2. The Morgan fingerprint density at radius 2 is 1.93 bits per heavy atom. The van der Waals surface area contributed by atoms with Crippen LogP contribution in [0.5, 0.6) is 5.75 Å². The van der Waals surface area contributed by atoms with Crippen molar-refractivity contribution in [3.8, 4) is 5.75 Å². The molecule has 2 amide bonds. The van der Waals surface area contributed by atoms with E-state index in [-0.39, 0.29) is 23.8 Å². The third-order valence-corrected chi connectivity index (χ3v) is 4.30. The normalized spacial score (nSPS) is 13.6. The predicted octanol–water partition coefficient (Wildman–Crippen LogP) is 3.08. The summed E-state index contributed by atoms with van der Waals surface area (Å²) in [5.74, 6) is -1.30. The van der Waals surface area contributed by atoms with E-state index in [1.807, 2.05) is 0 Å². The van der Waals surface area contributed by atoms with Crippen LogP contribution in [0, 0.1) is 0 Å². The number of hydrogen-bond acceptors (Lipinski definition) is 4. The van der Waals surface area contributed by atoms with Crippen molar-refractivity contribution in [2.75, 3.05) is 23.3 Å². The van der Waals surface area contributed by atoms with Crippen LogP contribution in [-0.2, 0) is 11.2 Å². The standard InChI is InChI=1S/C19H18F3N3O3/c20-19(21,22)28-13-7-8-16-12(10-13)4-3-9-25(16)11-17(26)24-15-6-2-1-5-14(15)18(23)27/h1-2,5-8,10H,3-4,9,11H2,(H2,23,27)(H,24,26). The van der Waals surface area contributed by atoms with Crippen LogP contribution in [0.25, 0.3) is 0 Å². The summed E-state index contributed by atoms with van der Waals surface area (Å²) in [7, 11) is 0. The molecule has 2 aromatic carbocycles. The number of aryl methyl sites for hydroxylation is 1. The van der Waals surface area contributed by atoms with Crippen molar-refractivity contribution >= 4 is 23.2 Å². The number of nitrogens with zero attached hydrogens (tertiary/aromatic N) is 1. The minimum Gasteiger partial charge on any atom is -0.406 e. The van der Waals surface area contributed by atoms with Crippen LogP contribution in [0.1, 0.15) is 22.3 Å². The molecule has 1 aliphatic heterocycles. The number of anilines is 2. The lowest BCUT2D eigenvalue weighted by atomic mass is 10.0. The lowest BCUT2D eigenvalue weighted by Gasteiger charge is -2.31. The molecule has 0 radical (unpaired) electrons. The van der Waals surface area contributed by atoms with E-state index in [0.717, 1.165) is 0 Å².